The van der Waals surface area contributed by atoms with Gasteiger partial charge >= 0.3 is 6.03 Å². The highest BCUT2D eigenvalue weighted by Gasteiger charge is 2.53. The summed E-state index contributed by atoms with van der Waals surface area (Å²) in [6, 6.07) is -0.0671. The lowest BCUT2D eigenvalue weighted by molar-refractivity contribution is -0.133. The molecule has 2 atom stereocenters. The Labute approximate surface area is 104 Å². The van der Waals surface area contributed by atoms with Crippen molar-refractivity contribution < 1.29 is 9.59 Å². The van der Waals surface area contributed by atoms with E-state index in [0.717, 1.165) is 12.8 Å². The van der Waals surface area contributed by atoms with Gasteiger partial charge in [0.15, 0.2) is 0 Å². The fraction of sp³-hybridized carbons (Fsp3) is 0.846. The van der Waals surface area contributed by atoms with Crippen molar-refractivity contribution in [3.05, 3.63) is 0 Å². The summed E-state index contributed by atoms with van der Waals surface area (Å²) < 4.78 is 0. The Morgan fingerprint density at radius 3 is 1.94 bits per heavy atom. The van der Waals surface area contributed by atoms with Gasteiger partial charge in [0, 0.05) is 12.1 Å². The topological polar surface area (TPSA) is 40.6 Å². The molecule has 0 aliphatic carbocycles. The molecule has 2 unspecified atom stereocenters. The van der Waals surface area contributed by atoms with Gasteiger partial charge in [-0.3, -0.25) is 9.69 Å². The molecule has 1 saturated heterocycles. The largest absolute Gasteiger partial charge is 0.328 e. The summed E-state index contributed by atoms with van der Waals surface area (Å²) in [6.45, 7) is 11.6. The molecule has 0 radical (unpaired) electrons. The van der Waals surface area contributed by atoms with Crippen molar-refractivity contribution in [2.24, 2.45) is 0 Å². The van der Waals surface area contributed by atoms with E-state index < -0.39 is 5.54 Å². The first-order chi connectivity index (χ1) is 7.78. The van der Waals surface area contributed by atoms with Gasteiger partial charge < -0.3 is 4.90 Å². The molecule has 0 aromatic carbocycles. The average molecular weight is 240 g/mol. The van der Waals surface area contributed by atoms with E-state index in [0.29, 0.717) is 0 Å². The third-order valence-corrected chi connectivity index (χ3v) is 3.82. The van der Waals surface area contributed by atoms with Crippen molar-refractivity contribution >= 4 is 11.9 Å². The number of urea groups is 1. The highest BCUT2D eigenvalue weighted by Crippen LogP contribution is 2.32. The number of hydrogen-bond acceptors (Lipinski definition) is 2. The van der Waals surface area contributed by atoms with Crippen LogP contribution in [0, 0.1) is 0 Å². The SMILES string of the molecule is CCC(C)N1C(=O)N(C(C)CC)C(C)(C)C1=O. The first-order valence-corrected chi connectivity index (χ1v) is 6.45. The maximum absolute atomic E-state index is 12.4. The lowest BCUT2D eigenvalue weighted by atomic mass is 10.0. The minimum atomic E-state index is -0.712. The second kappa shape index (κ2) is 4.67. The number of carbonyl (C=O) groups is 2. The van der Waals surface area contributed by atoms with Crippen LogP contribution in [-0.2, 0) is 4.79 Å². The molecular formula is C13H24N2O2. The predicted molar refractivity (Wildman–Crippen MR) is 67.7 cm³/mol. The zero-order valence-corrected chi connectivity index (χ0v) is 11.8. The molecule has 1 heterocycles. The van der Waals surface area contributed by atoms with E-state index in [1.807, 2.05) is 41.5 Å². The molecule has 0 N–H and O–H groups in total. The van der Waals surface area contributed by atoms with Crippen molar-refractivity contribution in [1.29, 1.82) is 0 Å². The van der Waals surface area contributed by atoms with Gasteiger partial charge in [-0.15, -0.1) is 0 Å². The van der Waals surface area contributed by atoms with Crippen LogP contribution in [-0.4, -0.2) is 39.4 Å². The molecule has 0 bridgehead atoms. The lowest BCUT2D eigenvalue weighted by Gasteiger charge is -2.32. The summed E-state index contributed by atoms with van der Waals surface area (Å²) in [5, 5.41) is 0. The summed E-state index contributed by atoms with van der Waals surface area (Å²) in [7, 11) is 0. The summed E-state index contributed by atoms with van der Waals surface area (Å²) >= 11 is 0. The molecule has 17 heavy (non-hydrogen) atoms. The van der Waals surface area contributed by atoms with Gasteiger partial charge in [0.2, 0.25) is 0 Å². The minimum Gasteiger partial charge on any atom is -0.307 e. The molecule has 1 aliphatic heterocycles. The van der Waals surface area contributed by atoms with Crippen molar-refractivity contribution in [1.82, 2.24) is 9.80 Å². The third-order valence-electron chi connectivity index (χ3n) is 3.82. The Morgan fingerprint density at radius 1 is 1.06 bits per heavy atom. The predicted octanol–water partition coefficient (Wildman–Crippen LogP) is 2.63. The monoisotopic (exact) mass is 240 g/mol. The summed E-state index contributed by atoms with van der Waals surface area (Å²) in [4.78, 5) is 27.8. The second-order valence-corrected chi connectivity index (χ2v) is 5.40. The highest BCUT2D eigenvalue weighted by molar-refractivity contribution is 6.06. The number of nitrogens with zero attached hydrogens (tertiary/aromatic N) is 2. The highest BCUT2D eigenvalue weighted by atomic mass is 16.2. The third kappa shape index (κ3) is 2.05. The van der Waals surface area contributed by atoms with Crippen LogP contribution in [0.1, 0.15) is 54.4 Å². The zero-order valence-electron chi connectivity index (χ0n) is 11.8. The van der Waals surface area contributed by atoms with Crippen LogP contribution in [0.5, 0.6) is 0 Å². The van der Waals surface area contributed by atoms with E-state index in [-0.39, 0.29) is 24.0 Å². The molecule has 1 fully saturated rings. The van der Waals surface area contributed by atoms with Crippen molar-refractivity contribution in [3.63, 3.8) is 0 Å². The zero-order chi connectivity index (χ0) is 13.4. The molecule has 4 nitrogen and oxygen atoms in total. The number of carbonyl (C=O) groups excluding carboxylic acids is 2. The fourth-order valence-corrected chi connectivity index (χ4v) is 2.33. The molecule has 0 aromatic heterocycles. The summed E-state index contributed by atoms with van der Waals surface area (Å²) in [5.41, 5.74) is -0.712. The molecule has 0 aromatic rings. The molecule has 4 heteroatoms. The number of hydrogen-bond donors (Lipinski definition) is 0. The Morgan fingerprint density at radius 2 is 1.53 bits per heavy atom. The van der Waals surface area contributed by atoms with Crippen molar-refractivity contribution in [2.75, 3.05) is 0 Å². The normalized spacial score (nSPS) is 23.2. The van der Waals surface area contributed by atoms with Crippen molar-refractivity contribution in [2.45, 2.75) is 72.0 Å². The number of rotatable bonds is 4. The van der Waals surface area contributed by atoms with Crippen LogP contribution >= 0.6 is 0 Å². The van der Waals surface area contributed by atoms with Gasteiger partial charge in [-0.05, 0) is 40.5 Å². The quantitative estimate of drug-likeness (QED) is 0.709. The van der Waals surface area contributed by atoms with E-state index in [1.165, 1.54) is 4.90 Å². The van der Waals surface area contributed by atoms with E-state index in [2.05, 4.69) is 0 Å². The Hall–Kier alpha value is -1.06. The molecule has 0 saturated carbocycles. The van der Waals surface area contributed by atoms with E-state index in [9.17, 15) is 9.59 Å². The minimum absolute atomic E-state index is 0.0247. The lowest BCUT2D eigenvalue weighted by Crippen LogP contribution is -2.48. The second-order valence-electron chi connectivity index (χ2n) is 5.40. The van der Waals surface area contributed by atoms with Gasteiger partial charge in [0.1, 0.15) is 5.54 Å². The van der Waals surface area contributed by atoms with E-state index in [4.69, 9.17) is 0 Å². The Bertz CT molecular complexity index is 325. The van der Waals surface area contributed by atoms with Gasteiger partial charge in [-0.2, -0.15) is 0 Å². The van der Waals surface area contributed by atoms with Crippen LogP contribution in [0.3, 0.4) is 0 Å². The first kappa shape index (κ1) is 14.0. The van der Waals surface area contributed by atoms with Crippen LogP contribution in [0.15, 0.2) is 0 Å². The number of amides is 3. The standard InChI is InChI=1S/C13H24N2O2/c1-7-9(3)14-11(16)13(5,6)15(12(14)17)10(4)8-2/h9-10H,7-8H2,1-6H3. The van der Waals surface area contributed by atoms with Crippen LogP contribution in [0.4, 0.5) is 4.79 Å². The molecule has 1 aliphatic rings. The first-order valence-electron chi connectivity index (χ1n) is 6.45. The molecule has 3 amide bonds. The smallest absolute Gasteiger partial charge is 0.307 e. The molecule has 1 rings (SSSR count). The average Bonchev–Trinajstić information content (AvgIpc) is 2.44. The molecule has 98 valence electrons. The van der Waals surface area contributed by atoms with Crippen LogP contribution < -0.4 is 0 Å². The van der Waals surface area contributed by atoms with E-state index >= 15 is 0 Å². The van der Waals surface area contributed by atoms with Gasteiger partial charge in [0.25, 0.3) is 5.91 Å². The fourth-order valence-electron chi connectivity index (χ4n) is 2.33. The maximum Gasteiger partial charge on any atom is 0.328 e. The maximum atomic E-state index is 12.4. The van der Waals surface area contributed by atoms with Gasteiger partial charge in [-0.25, -0.2) is 4.79 Å². The van der Waals surface area contributed by atoms with Crippen molar-refractivity contribution in [3.8, 4) is 0 Å². The summed E-state index contributed by atoms with van der Waals surface area (Å²) in [6.07, 6.45) is 1.65. The van der Waals surface area contributed by atoms with Gasteiger partial charge in [0.05, 0.1) is 0 Å². The Balaban J connectivity index is 3.11. The molecule has 0 spiro atoms. The molecular weight excluding hydrogens is 216 g/mol. The summed E-state index contributed by atoms with van der Waals surface area (Å²) in [5.74, 6) is -0.0721. The van der Waals surface area contributed by atoms with E-state index in [1.54, 1.807) is 4.90 Å². The number of imide groups is 1. The Kier molecular flexibility index (Phi) is 3.84. The van der Waals surface area contributed by atoms with Gasteiger partial charge in [-0.1, -0.05) is 13.8 Å². The van der Waals surface area contributed by atoms with Crippen LogP contribution in [0.2, 0.25) is 0 Å². The van der Waals surface area contributed by atoms with Crippen LogP contribution in [0.25, 0.3) is 0 Å².